The third kappa shape index (κ3) is 2.24. The summed E-state index contributed by atoms with van der Waals surface area (Å²) in [6, 6.07) is 7.36. The van der Waals surface area contributed by atoms with Crippen molar-refractivity contribution in [1.82, 2.24) is 0 Å². The van der Waals surface area contributed by atoms with Gasteiger partial charge in [-0.15, -0.1) is 0 Å². The molecule has 0 heterocycles. The maximum atomic E-state index is 9.55. The van der Waals surface area contributed by atoms with Gasteiger partial charge in [0.15, 0.2) is 0 Å². The van der Waals surface area contributed by atoms with Gasteiger partial charge in [-0.1, -0.05) is 12.1 Å². The number of rotatable bonds is 3. The Labute approximate surface area is 83.6 Å². The smallest absolute Gasteiger partial charge is 0.122 e. The van der Waals surface area contributed by atoms with E-state index < -0.39 is 6.10 Å². The molecule has 3 nitrogen and oxygen atoms in total. The second-order valence-corrected chi connectivity index (χ2v) is 3.11. The van der Waals surface area contributed by atoms with Gasteiger partial charge in [0.2, 0.25) is 0 Å². The first-order valence-electron chi connectivity index (χ1n) is 4.38. The van der Waals surface area contributed by atoms with Gasteiger partial charge in [-0.3, -0.25) is 0 Å². The van der Waals surface area contributed by atoms with E-state index in [1.807, 2.05) is 19.1 Å². The van der Waals surface area contributed by atoms with Crippen LogP contribution in [0.2, 0.25) is 0 Å². The molecule has 0 aromatic heterocycles. The van der Waals surface area contributed by atoms with Crippen molar-refractivity contribution in [3.8, 4) is 11.8 Å². The van der Waals surface area contributed by atoms with E-state index in [2.05, 4.69) is 0 Å². The van der Waals surface area contributed by atoms with E-state index >= 15 is 0 Å². The van der Waals surface area contributed by atoms with Crippen LogP contribution in [0.15, 0.2) is 18.2 Å². The summed E-state index contributed by atoms with van der Waals surface area (Å²) in [6.07, 6.45) is -0.624. The van der Waals surface area contributed by atoms with Gasteiger partial charge < -0.3 is 9.84 Å². The summed E-state index contributed by atoms with van der Waals surface area (Å²) in [5.74, 6) is 0.736. The van der Waals surface area contributed by atoms with E-state index in [4.69, 9.17) is 10.00 Å². The van der Waals surface area contributed by atoms with Crippen LogP contribution in [0, 0.1) is 18.3 Å². The van der Waals surface area contributed by atoms with Crippen molar-refractivity contribution >= 4 is 0 Å². The minimum atomic E-state index is -0.727. The number of hydrogen-bond acceptors (Lipinski definition) is 3. The van der Waals surface area contributed by atoms with Crippen LogP contribution in [-0.2, 0) is 0 Å². The lowest BCUT2D eigenvalue weighted by Gasteiger charge is -2.10. The lowest BCUT2D eigenvalue weighted by Crippen LogP contribution is -1.97. The van der Waals surface area contributed by atoms with Gasteiger partial charge in [0, 0.05) is 0 Å². The Hall–Kier alpha value is -1.53. The molecule has 0 radical (unpaired) electrons. The van der Waals surface area contributed by atoms with Gasteiger partial charge in [0.25, 0.3) is 0 Å². The Morgan fingerprint density at radius 3 is 2.86 bits per heavy atom. The molecule has 0 aliphatic carbocycles. The monoisotopic (exact) mass is 191 g/mol. The molecule has 0 spiro atoms. The molecule has 1 aromatic carbocycles. The molecule has 1 rings (SSSR count). The summed E-state index contributed by atoms with van der Waals surface area (Å²) in [5.41, 5.74) is 1.73. The average Bonchev–Trinajstić information content (AvgIpc) is 2.19. The molecule has 0 saturated heterocycles. The molecule has 74 valence electrons. The normalized spacial score (nSPS) is 11.9. The predicted octanol–water partition coefficient (Wildman–Crippen LogP) is 1.95. The van der Waals surface area contributed by atoms with Crippen molar-refractivity contribution in [3.63, 3.8) is 0 Å². The fourth-order valence-corrected chi connectivity index (χ4v) is 1.25. The number of aryl methyl sites for hydroxylation is 1. The fourth-order valence-electron chi connectivity index (χ4n) is 1.25. The molecule has 1 aromatic rings. The number of benzene rings is 1. The van der Waals surface area contributed by atoms with Crippen molar-refractivity contribution in [2.24, 2.45) is 0 Å². The van der Waals surface area contributed by atoms with Crippen LogP contribution in [0.1, 0.15) is 23.7 Å². The second kappa shape index (κ2) is 4.64. The first-order chi connectivity index (χ1) is 6.69. The van der Waals surface area contributed by atoms with Crippen molar-refractivity contribution in [2.75, 3.05) is 7.11 Å². The van der Waals surface area contributed by atoms with Gasteiger partial charge in [-0.25, -0.2) is 0 Å². The zero-order valence-corrected chi connectivity index (χ0v) is 8.32. The summed E-state index contributed by atoms with van der Waals surface area (Å²) in [5, 5.41) is 18.0. The Kier molecular flexibility index (Phi) is 3.49. The number of aliphatic hydroxyl groups excluding tert-OH is 1. The van der Waals surface area contributed by atoms with Crippen LogP contribution >= 0.6 is 0 Å². The Bertz CT molecular complexity index is 355. The average molecular weight is 191 g/mol. The largest absolute Gasteiger partial charge is 0.496 e. The summed E-state index contributed by atoms with van der Waals surface area (Å²) < 4.78 is 5.12. The van der Waals surface area contributed by atoms with E-state index in [0.717, 1.165) is 11.3 Å². The van der Waals surface area contributed by atoms with Crippen LogP contribution in [0.25, 0.3) is 0 Å². The van der Waals surface area contributed by atoms with Gasteiger partial charge in [0.05, 0.1) is 25.7 Å². The van der Waals surface area contributed by atoms with E-state index in [1.165, 1.54) is 0 Å². The Morgan fingerprint density at radius 1 is 1.57 bits per heavy atom. The lowest BCUT2D eigenvalue weighted by molar-refractivity contribution is 0.183. The van der Waals surface area contributed by atoms with E-state index in [1.54, 1.807) is 19.2 Å². The van der Waals surface area contributed by atoms with E-state index in [-0.39, 0.29) is 6.42 Å². The van der Waals surface area contributed by atoms with Gasteiger partial charge >= 0.3 is 0 Å². The molecule has 0 fully saturated rings. The maximum absolute atomic E-state index is 9.55. The molecule has 3 heteroatoms. The van der Waals surface area contributed by atoms with Crippen molar-refractivity contribution in [1.29, 1.82) is 5.26 Å². The molecular formula is C11H13NO2. The minimum Gasteiger partial charge on any atom is -0.496 e. The first-order valence-corrected chi connectivity index (χ1v) is 4.38. The quantitative estimate of drug-likeness (QED) is 0.794. The molecule has 0 aliphatic heterocycles. The minimum absolute atomic E-state index is 0.103. The molecule has 14 heavy (non-hydrogen) atoms. The van der Waals surface area contributed by atoms with Crippen molar-refractivity contribution < 1.29 is 9.84 Å². The van der Waals surface area contributed by atoms with Crippen LogP contribution in [0.4, 0.5) is 0 Å². The zero-order valence-electron chi connectivity index (χ0n) is 8.32. The number of ether oxygens (including phenoxy) is 1. The highest BCUT2D eigenvalue weighted by Gasteiger charge is 2.08. The Balaban J connectivity index is 2.95. The molecule has 0 amide bonds. The van der Waals surface area contributed by atoms with Gasteiger partial charge in [-0.05, 0) is 24.1 Å². The van der Waals surface area contributed by atoms with Crippen LogP contribution in [-0.4, -0.2) is 12.2 Å². The number of methoxy groups -OCH3 is 1. The third-order valence-corrected chi connectivity index (χ3v) is 2.10. The maximum Gasteiger partial charge on any atom is 0.122 e. The fraction of sp³-hybridized carbons (Fsp3) is 0.364. The molecule has 1 atom stereocenters. The molecule has 1 unspecified atom stereocenters. The first kappa shape index (κ1) is 10.6. The SMILES string of the molecule is COc1cc(C(O)CC#N)ccc1C. The highest BCUT2D eigenvalue weighted by Crippen LogP contribution is 2.24. The predicted molar refractivity (Wildman–Crippen MR) is 52.9 cm³/mol. The van der Waals surface area contributed by atoms with Crippen LogP contribution < -0.4 is 4.74 Å². The highest BCUT2D eigenvalue weighted by molar-refractivity contribution is 5.37. The van der Waals surface area contributed by atoms with Crippen LogP contribution in [0.3, 0.4) is 0 Å². The number of nitriles is 1. The van der Waals surface area contributed by atoms with E-state index in [9.17, 15) is 5.11 Å². The summed E-state index contributed by atoms with van der Waals surface area (Å²) >= 11 is 0. The summed E-state index contributed by atoms with van der Waals surface area (Å²) in [7, 11) is 1.59. The zero-order chi connectivity index (χ0) is 10.6. The molecule has 0 aliphatic rings. The van der Waals surface area contributed by atoms with Crippen LogP contribution in [0.5, 0.6) is 5.75 Å². The highest BCUT2D eigenvalue weighted by atomic mass is 16.5. The van der Waals surface area contributed by atoms with Gasteiger partial charge in [-0.2, -0.15) is 5.26 Å². The molecule has 0 bridgehead atoms. The standard InChI is InChI=1S/C11H13NO2/c1-8-3-4-9(7-11(8)14-2)10(13)5-6-12/h3-4,7,10,13H,5H2,1-2H3. The second-order valence-electron chi connectivity index (χ2n) is 3.11. The summed E-state index contributed by atoms with van der Waals surface area (Å²) in [4.78, 5) is 0. The number of aliphatic hydroxyl groups is 1. The Morgan fingerprint density at radius 2 is 2.29 bits per heavy atom. The molecule has 1 N–H and O–H groups in total. The van der Waals surface area contributed by atoms with Crippen molar-refractivity contribution in [2.45, 2.75) is 19.4 Å². The molecule has 0 saturated carbocycles. The topological polar surface area (TPSA) is 53.2 Å². The summed E-state index contributed by atoms with van der Waals surface area (Å²) in [6.45, 7) is 1.93. The lowest BCUT2D eigenvalue weighted by atomic mass is 10.0. The number of nitrogens with zero attached hydrogens (tertiary/aromatic N) is 1. The third-order valence-electron chi connectivity index (χ3n) is 2.10. The number of hydrogen-bond donors (Lipinski definition) is 1. The van der Waals surface area contributed by atoms with Gasteiger partial charge in [0.1, 0.15) is 5.75 Å². The molecular weight excluding hydrogens is 178 g/mol. The van der Waals surface area contributed by atoms with E-state index in [0.29, 0.717) is 5.56 Å². The van der Waals surface area contributed by atoms with Crippen molar-refractivity contribution in [3.05, 3.63) is 29.3 Å².